The maximum absolute atomic E-state index is 13.4. The number of H-pyrrole nitrogens is 1. The van der Waals surface area contributed by atoms with Crippen LogP contribution >= 0.6 is 0 Å². The Hall–Kier alpha value is -2.45. The summed E-state index contributed by atoms with van der Waals surface area (Å²) in [6.45, 7) is 33.9. The van der Waals surface area contributed by atoms with Crippen LogP contribution in [0.5, 0.6) is 0 Å². The molecule has 1 fully saturated rings. The lowest BCUT2D eigenvalue weighted by molar-refractivity contribution is -0.0470. The highest BCUT2D eigenvalue weighted by molar-refractivity contribution is 6.75. The summed E-state index contributed by atoms with van der Waals surface area (Å²) >= 11 is 0. The van der Waals surface area contributed by atoms with E-state index in [9.17, 15) is 10.1 Å². The zero-order valence-corrected chi connectivity index (χ0v) is 34.7. The van der Waals surface area contributed by atoms with E-state index >= 15 is 0 Å². The molecule has 13 heteroatoms. The van der Waals surface area contributed by atoms with Crippen LogP contribution in [0.2, 0.25) is 54.4 Å². The molecule has 4 rings (SSSR count). The van der Waals surface area contributed by atoms with Crippen molar-refractivity contribution in [3.05, 3.63) is 46.5 Å². The fourth-order valence-corrected chi connectivity index (χ4v) is 8.44. The van der Waals surface area contributed by atoms with Crippen molar-refractivity contribution in [3.8, 4) is 17.5 Å². The first-order valence-electron chi connectivity index (χ1n) is 16.9. The van der Waals surface area contributed by atoms with E-state index in [2.05, 4.69) is 118 Å². The highest BCUT2D eigenvalue weighted by atomic mass is 28.4. The number of hydrogen-bond donors (Lipinski definition) is 1. The highest BCUT2D eigenvalue weighted by Gasteiger charge is 2.55. The first kappa shape index (κ1) is 38.4. The molecule has 0 aliphatic carbocycles. The average Bonchev–Trinajstić information content (AvgIpc) is 3.51. The minimum Gasteiger partial charge on any atom is -0.414 e. The number of hydrogen-bond acceptors (Lipinski definition) is 8. The maximum Gasteiger partial charge on any atom is 0.279 e. The molecule has 3 heterocycles. The lowest BCUT2D eigenvalue weighted by atomic mass is 10.1. The molecule has 0 bridgehead atoms. The van der Waals surface area contributed by atoms with Crippen LogP contribution in [-0.4, -0.2) is 69.4 Å². The predicted octanol–water partition coefficient (Wildman–Crippen LogP) is 8.36. The molecule has 1 aromatic carbocycles. The summed E-state index contributed by atoms with van der Waals surface area (Å²) in [7, 11) is -6.85. The number of fused-ring (bicyclic) bond motifs is 1. The zero-order chi connectivity index (χ0) is 36.3. The van der Waals surface area contributed by atoms with E-state index < -0.39 is 49.5 Å². The molecule has 1 N–H and O–H groups in total. The van der Waals surface area contributed by atoms with E-state index in [-0.39, 0.29) is 26.2 Å². The first-order valence-corrected chi connectivity index (χ1v) is 25.6. The Labute approximate surface area is 290 Å². The fourth-order valence-electron chi connectivity index (χ4n) is 4.83. The third kappa shape index (κ3) is 7.65. The van der Waals surface area contributed by atoms with Gasteiger partial charge in [0, 0.05) is 5.56 Å². The molecule has 1 saturated heterocycles. The van der Waals surface area contributed by atoms with Crippen molar-refractivity contribution in [3.63, 3.8) is 0 Å². The molecular weight excluding hydrogens is 655 g/mol. The summed E-state index contributed by atoms with van der Waals surface area (Å²) in [5.41, 5.74) is 1.46. The molecule has 10 nitrogen and oxygen atoms in total. The number of nitrogens with zero attached hydrogens (tertiary/aromatic N) is 4. The average molecular weight is 712 g/mol. The Balaban J connectivity index is 1.89. The fraction of sp³-hybridized carbons (Fsp3) is 0.657. The number of imidazole rings is 1. The molecule has 0 radical (unpaired) electrons. The van der Waals surface area contributed by atoms with Gasteiger partial charge in [0.15, 0.2) is 42.3 Å². The Bertz CT molecular complexity index is 1710. The molecule has 0 spiro atoms. The van der Waals surface area contributed by atoms with Gasteiger partial charge >= 0.3 is 0 Å². The number of ether oxygens (including phenoxy) is 1. The van der Waals surface area contributed by atoms with Crippen LogP contribution in [0.15, 0.2) is 35.4 Å². The Kier molecular flexibility index (Phi) is 10.4. The molecule has 264 valence electrons. The molecule has 48 heavy (non-hydrogen) atoms. The van der Waals surface area contributed by atoms with Gasteiger partial charge in [-0.3, -0.25) is 9.36 Å². The molecule has 1 aliphatic heterocycles. The van der Waals surface area contributed by atoms with E-state index in [1.807, 2.05) is 4.57 Å². The molecule has 2 aromatic heterocycles. The van der Waals surface area contributed by atoms with Crippen molar-refractivity contribution in [1.82, 2.24) is 19.5 Å². The molecule has 3 aromatic rings. The van der Waals surface area contributed by atoms with Gasteiger partial charge in [-0.05, 0) is 78.7 Å². The molecule has 0 unspecified atom stereocenters. The number of nitrogens with one attached hydrogen (secondary N) is 1. The monoisotopic (exact) mass is 711 g/mol. The smallest absolute Gasteiger partial charge is 0.279 e. The lowest BCUT2D eigenvalue weighted by Crippen LogP contribution is -2.54. The number of nitriles is 1. The predicted molar refractivity (Wildman–Crippen MR) is 199 cm³/mol. The molecule has 0 saturated carbocycles. The van der Waals surface area contributed by atoms with E-state index in [4.69, 9.17) is 23.0 Å². The van der Waals surface area contributed by atoms with E-state index in [0.29, 0.717) is 29.2 Å². The summed E-state index contributed by atoms with van der Waals surface area (Å²) in [6, 6.07) is 9.09. The van der Waals surface area contributed by atoms with Crippen molar-refractivity contribution in [2.75, 3.05) is 6.61 Å². The summed E-state index contributed by atoms with van der Waals surface area (Å²) in [4.78, 5) is 25.7. The van der Waals surface area contributed by atoms with Gasteiger partial charge in [0.1, 0.15) is 24.1 Å². The van der Waals surface area contributed by atoms with E-state index in [0.717, 1.165) is 0 Å². The van der Waals surface area contributed by atoms with Gasteiger partial charge in [-0.25, -0.2) is 9.97 Å². The van der Waals surface area contributed by atoms with Gasteiger partial charge in [0.05, 0.1) is 24.6 Å². The highest BCUT2D eigenvalue weighted by Crippen LogP contribution is 2.47. The standard InChI is InChI=1S/C35H57N5O5Si3/c1-33(2,3)46(10,11)42-21-25-27(44-47(12,13)34(4,5)6)28(45-48(14,15)35(7,8)9)32(43-25)40-22-37-26-30(40)38-29(39-31(26)41)24-18-16-23(20-36)17-19-24/h16-19,22,25,27-28,32H,21H2,1-15H3,(H,38,39,41)/t25-,27-,28-,32-/m1/s1. The van der Waals surface area contributed by atoms with Gasteiger partial charge < -0.3 is 23.0 Å². The summed E-state index contributed by atoms with van der Waals surface area (Å²) < 4.78 is 30.2. The molecule has 1 aliphatic rings. The van der Waals surface area contributed by atoms with Crippen molar-refractivity contribution in [2.24, 2.45) is 0 Å². The summed E-state index contributed by atoms with van der Waals surface area (Å²) in [6.07, 6.45) is -0.402. The van der Waals surface area contributed by atoms with Crippen LogP contribution in [0.4, 0.5) is 0 Å². The number of aromatic nitrogens is 4. The number of benzene rings is 1. The Morgan fingerprint density at radius 3 is 1.88 bits per heavy atom. The molecule has 4 atom stereocenters. The van der Waals surface area contributed by atoms with Crippen molar-refractivity contribution in [1.29, 1.82) is 5.26 Å². The van der Waals surface area contributed by atoms with Gasteiger partial charge in [-0.1, -0.05) is 62.3 Å². The minimum absolute atomic E-state index is 0.0190. The van der Waals surface area contributed by atoms with Crippen LogP contribution in [0.25, 0.3) is 22.6 Å². The molecular formula is C35H57N5O5Si3. The van der Waals surface area contributed by atoms with Crippen molar-refractivity contribution in [2.45, 2.75) is 141 Å². The van der Waals surface area contributed by atoms with Crippen molar-refractivity contribution < 1.29 is 18.0 Å². The van der Waals surface area contributed by atoms with Gasteiger partial charge in [0.25, 0.3) is 5.56 Å². The second-order valence-corrected chi connectivity index (χ2v) is 32.1. The van der Waals surface area contributed by atoms with Crippen molar-refractivity contribution >= 4 is 36.1 Å². The van der Waals surface area contributed by atoms with E-state index in [1.165, 1.54) is 0 Å². The maximum atomic E-state index is 13.4. The normalized spacial score (nSPS) is 21.5. The summed E-state index contributed by atoms with van der Waals surface area (Å²) in [5.74, 6) is 0.380. The van der Waals surface area contributed by atoms with Crippen LogP contribution in [-0.2, 0) is 18.0 Å². The van der Waals surface area contributed by atoms with Gasteiger partial charge in [0.2, 0.25) is 0 Å². The topological polar surface area (TPSA) is 124 Å². The van der Waals surface area contributed by atoms with Crippen LogP contribution < -0.4 is 5.56 Å². The van der Waals surface area contributed by atoms with Crippen LogP contribution in [0.3, 0.4) is 0 Å². The second-order valence-electron chi connectivity index (χ2n) is 17.7. The number of rotatable bonds is 9. The minimum atomic E-state index is -2.38. The zero-order valence-electron chi connectivity index (χ0n) is 31.7. The molecule has 0 amide bonds. The van der Waals surface area contributed by atoms with Crippen LogP contribution in [0, 0.1) is 11.3 Å². The quantitative estimate of drug-likeness (QED) is 0.220. The largest absolute Gasteiger partial charge is 0.414 e. The second kappa shape index (κ2) is 13.0. The van der Waals surface area contributed by atoms with Gasteiger partial charge in [-0.15, -0.1) is 0 Å². The summed E-state index contributed by atoms with van der Waals surface area (Å²) in [5, 5.41) is 9.17. The Morgan fingerprint density at radius 2 is 1.38 bits per heavy atom. The third-order valence-corrected chi connectivity index (χ3v) is 24.6. The number of aromatic amines is 1. The van der Waals surface area contributed by atoms with E-state index in [1.54, 1.807) is 30.6 Å². The lowest BCUT2D eigenvalue weighted by Gasteiger charge is -2.44. The van der Waals surface area contributed by atoms with Crippen LogP contribution in [0.1, 0.15) is 74.1 Å². The SMILES string of the molecule is CC(C)(C)[Si](C)(C)OC[C@H]1O[C@@H](n2cnc3c(=O)[nH]c(-c4ccc(C#N)cc4)nc32)[C@H](O[Si](C)(C)C(C)(C)C)[C@@H]1O[Si](C)(C)C(C)(C)C. The Morgan fingerprint density at radius 1 is 0.854 bits per heavy atom. The first-order chi connectivity index (χ1) is 21.8. The third-order valence-electron chi connectivity index (χ3n) is 11.2. The van der Waals surface area contributed by atoms with Gasteiger partial charge in [-0.2, -0.15) is 5.26 Å².